The second-order valence-corrected chi connectivity index (χ2v) is 7.89. The number of benzene rings is 1. The van der Waals surface area contributed by atoms with Crippen molar-refractivity contribution in [2.24, 2.45) is 5.92 Å². The molecule has 1 aromatic carbocycles. The first-order valence-corrected chi connectivity index (χ1v) is 9.21. The van der Waals surface area contributed by atoms with Crippen LogP contribution in [0.1, 0.15) is 55.6 Å². The Morgan fingerprint density at radius 3 is 2.52 bits per heavy atom. The third-order valence-electron chi connectivity index (χ3n) is 6.40. The highest BCUT2D eigenvalue weighted by Gasteiger charge is 2.45. The maximum absolute atomic E-state index is 12.6. The Hall–Kier alpha value is -1.35. The normalized spacial score (nSPS) is 36.5. The van der Waals surface area contributed by atoms with Crippen LogP contribution in [-0.4, -0.2) is 36.0 Å². The molecule has 2 saturated heterocycles. The summed E-state index contributed by atoms with van der Waals surface area (Å²) in [5.74, 6) is 0.948. The Kier molecular flexibility index (Phi) is 3.92. The van der Waals surface area contributed by atoms with Gasteiger partial charge in [0, 0.05) is 24.0 Å². The fourth-order valence-corrected chi connectivity index (χ4v) is 4.87. The highest BCUT2D eigenvalue weighted by molar-refractivity contribution is 5.83. The average Bonchev–Trinajstić information content (AvgIpc) is 3.29. The van der Waals surface area contributed by atoms with Crippen molar-refractivity contribution in [1.29, 1.82) is 0 Å². The third kappa shape index (κ3) is 2.91. The summed E-state index contributed by atoms with van der Waals surface area (Å²) in [6, 6.07) is 10.3. The van der Waals surface area contributed by atoms with Crippen molar-refractivity contribution in [3.05, 3.63) is 35.4 Å². The number of carbonyl (C=O) groups excluding carboxylic acids is 1. The molecule has 0 aromatic heterocycles. The summed E-state index contributed by atoms with van der Waals surface area (Å²) < 4.78 is 0. The molecule has 0 spiro atoms. The summed E-state index contributed by atoms with van der Waals surface area (Å²) in [6.45, 7) is 2.15. The zero-order valence-corrected chi connectivity index (χ0v) is 14.3. The molecule has 3 fully saturated rings. The largest absolute Gasteiger partial charge is 0.353 e. The van der Waals surface area contributed by atoms with E-state index in [2.05, 4.69) is 48.5 Å². The fraction of sp³-hybridized carbons (Fsp3) is 0.650. The van der Waals surface area contributed by atoms with Crippen LogP contribution in [0, 0.1) is 12.8 Å². The summed E-state index contributed by atoms with van der Waals surface area (Å²) in [4.78, 5) is 15.2. The number of hydrogen-bond acceptors (Lipinski definition) is 2. The molecule has 3 aliphatic rings. The number of hydrogen-bond donors (Lipinski definition) is 1. The van der Waals surface area contributed by atoms with Crippen molar-refractivity contribution >= 4 is 5.91 Å². The lowest BCUT2D eigenvalue weighted by Crippen LogP contribution is -2.55. The number of carbonyl (C=O) groups is 1. The van der Waals surface area contributed by atoms with Crippen LogP contribution in [-0.2, 0) is 4.79 Å². The van der Waals surface area contributed by atoms with Crippen molar-refractivity contribution in [2.75, 3.05) is 7.05 Å². The van der Waals surface area contributed by atoms with E-state index in [9.17, 15) is 4.79 Å². The molecule has 3 nitrogen and oxygen atoms in total. The van der Waals surface area contributed by atoms with Crippen LogP contribution in [0.4, 0.5) is 0 Å². The highest BCUT2D eigenvalue weighted by Crippen LogP contribution is 2.48. The lowest BCUT2D eigenvalue weighted by atomic mass is 9.82. The smallest absolute Gasteiger partial charge is 0.223 e. The number of aryl methyl sites for hydroxylation is 1. The minimum Gasteiger partial charge on any atom is -0.353 e. The van der Waals surface area contributed by atoms with Gasteiger partial charge in [-0.05, 0) is 63.1 Å². The van der Waals surface area contributed by atoms with Crippen molar-refractivity contribution in [3.8, 4) is 0 Å². The Balaban J connectivity index is 1.36. The Labute approximate surface area is 139 Å². The van der Waals surface area contributed by atoms with Crippen LogP contribution in [0.15, 0.2) is 24.3 Å². The molecule has 2 bridgehead atoms. The average molecular weight is 312 g/mol. The number of rotatable bonds is 3. The molecule has 1 unspecified atom stereocenters. The van der Waals surface area contributed by atoms with Gasteiger partial charge in [0.25, 0.3) is 0 Å². The van der Waals surface area contributed by atoms with E-state index >= 15 is 0 Å². The van der Waals surface area contributed by atoms with Crippen LogP contribution in [0.3, 0.4) is 0 Å². The topological polar surface area (TPSA) is 32.3 Å². The van der Waals surface area contributed by atoms with Crippen molar-refractivity contribution in [3.63, 3.8) is 0 Å². The van der Waals surface area contributed by atoms with Gasteiger partial charge in [-0.25, -0.2) is 0 Å². The van der Waals surface area contributed by atoms with Gasteiger partial charge in [0.1, 0.15) is 0 Å². The molecular weight excluding hydrogens is 284 g/mol. The molecule has 124 valence electrons. The summed E-state index contributed by atoms with van der Waals surface area (Å²) in [7, 11) is 2.27. The van der Waals surface area contributed by atoms with Crippen molar-refractivity contribution < 1.29 is 4.79 Å². The van der Waals surface area contributed by atoms with E-state index in [1.165, 1.54) is 30.4 Å². The highest BCUT2D eigenvalue weighted by atomic mass is 16.2. The summed E-state index contributed by atoms with van der Waals surface area (Å²) in [5, 5.41) is 3.38. The number of nitrogens with zero attached hydrogens (tertiary/aromatic N) is 1. The van der Waals surface area contributed by atoms with Crippen molar-refractivity contribution in [1.82, 2.24) is 10.2 Å². The minimum atomic E-state index is 0.204. The van der Waals surface area contributed by atoms with Crippen LogP contribution in [0.5, 0.6) is 0 Å². The summed E-state index contributed by atoms with van der Waals surface area (Å²) >= 11 is 0. The number of amides is 1. The Morgan fingerprint density at radius 2 is 1.83 bits per heavy atom. The molecule has 0 radical (unpaired) electrons. The van der Waals surface area contributed by atoms with Gasteiger partial charge in [-0.1, -0.05) is 30.7 Å². The molecule has 4 rings (SSSR count). The predicted octanol–water partition coefficient (Wildman–Crippen LogP) is 3.23. The first-order valence-electron chi connectivity index (χ1n) is 9.21. The minimum absolute atomic E-state index is 0.204. The monoisotopic (exact) mass is 312 g/mol. The van der Waals surface area contributed by atoms with E-state index in [1.54, 1.807) is 0 Å². The zero-order chi connectivity index (χ0) is 16.0. The fourth-order valence-electron chi connectivity index (χ4n) is 4.87. The van der Waals surface area contributed by atoms with Gasteiger partial charge in [-0.2, -0.15) is 0 Å². The Bertz CT molecular complexity index is 585. The van der Waals surface area contributed by atoms with Gasteiger partial charge in [0.05, 0.1) is 0 Å². The van der Waals surface area contributed by atoms with E-state index in [4.69, 9.17) is 0 Å². The maximum Gasteiger partial charge on any atom is 0.223 e. The zero-order valence-electron chi connectivity index (χ0n) is 14.3. The van der Waals surface area contributed by atoms with Crippen LogP contribution < -0.4 is 5.32 Å². The lowest BCUT2D eigenvalue weighted by molar-refractivity contribution is -0.123. The molecule has 1 aromatic rings. The molecule has 1 amide bonds. The Morgan fingerprint density at radius 1 is 1.13 bits per heavy atom. The first kappa shape index (κ1) is 15.2. The molecule has 1 aliphatic carbocycles. The molecule has 5 atom stereocenters. The summed E-state index contributed by atoms with van der Waals surface area (Å²) in [6.07, 6.45) is 7.26. The molecule has 1 N–H and O–H groups in total. The van der Waals surface area contributed by atoms with Gasteiger partial charge in [0.2, 0.25) is 5.91 Å². The molecule has 2 aliphatic heterocycles. The maximum atomic E-state index is 12.6. The van der Waals surface area contributed by atoms with Gasteiger partial charge in [0.15, 0.2) is 0 Å². The van der Waals surface area contributed by atoms with E-state index < -0.39 is 0 Å². The molecule has 23 heavy (non-hydrogen) atoms. The molecular formula is C20H28N2O. The van der Waals surface area contributed by atoms with Crippen LogP contribution in [0.2, 0.25) is 0 Å². The summed E-state index contributed by atoms with van der Waals surface area (Å²) in [5.41, 5.74) is 2.69. The number of piperidine rings is 2. The number of fused-ring (bicyclic) bond motifs is 2. The van der Waals surface area contributed by atoms with E-state index in [-0.39, 0.29) is 5.92 Å². The second-order valence-electron chi connectivity index (χ2n) is 7.89. The van der Waals surface area contributed by atoms with E-state index in [0.717, 1.165) is 19.3 Å². The molecule has 2 heterocycles. The van der Waals surface area contributed by atoms with Gasteiger partial charge in [-0.3, -0.25) is 4.79 Å². The standard InChI is InChI=1S/C20H28N2O/c1-13-6-3-4-9-17(13)18-12-19(18)20(23)21-14-10-15-7-5-8-16(11-14)22(15)2/h3-4,6,9,14-16,18-19H,5,7-8,10-12H2,1-2H3,(H,21,23)/t14?,15-,16+,18-,19+/m1/s1. The molecule has 3 heteroatoms. The second kappa shape index (κ2) is 5.94. The van der Waals surface area contributed by atoms with Crippen LogP contribution in [0.25, 0.3) is 0 Å². The first-order chi connectivity index (χ1) is 11.1. The SMILES string of the molecule is Cc1ccccc1[C@H]1C[C@@H]1C(=O)NC1C[C@H]2CCC[C@@H](C1)N2C. The third-order valence-corrected chi connectivity index (χ3v) is 6.40. The quantitative estimate of drug-likeness (QED) is 0.929. The van der Waals surface area contributed by atoms with E-state index in [1.807, 2.05) is 0 Å². The van der Waals surface area contributed by atoms with Crippen molar-refractivity contribution in [2.45, 2.75) is 69.5 Å². The van der Waals surface area contributed by atoms with Gasteiger partial charge >= 0.3 is 0 Å². The van der Waals surface area contributed by atoms with Gasteiger partial charge < -0.3 is 10.2 Å². The van der Waals surface area contributed by atoms with E-state index in [0.29, 0.717) is 30.0 Å². The lowest BCUT2D eigenvalue weighted by Gasteiger charge is -2.47. The van der Waals surface area contributed by atoms with Gasteiger partial charge in [-0.15, -0.1) is 0 Å². The van der Waals surface area contributed by atoms with Crippen LogP contribution >= 0.6 is 0 Å². The number of nitrogens with one attached hydrogen (secondary N) is 1. The predicted molar refractivity (Wildman–Crippen MR) is 92.4 cm³/mol. The molecule has 1 saturated carbocycles.